The molecule has 5 heteroatoms. The highest BCUT2D eigenvalue weighted by Gasteiger charge is 2.29. The predicted molar refractivity (Wildman–Crippen MR) is 81.1 cm³/mol. The SMILES string of the molecule is Cc1c(C(=O)OCC(C)C)nnn1C1CCC(C)C(C)C1. The van der Waals surface area contributed by atoms with Crippen molar-refractivity contribution in [1.82, 2.24) is 15.0 Å². The van der Waals surface area contributed by atoms with Crippen molar-refractivity contribution in [2.45, 2.75) is 59.9 Å². The van der Waals surface area contributed by atoms with E-state index in [1.165, 1.54) is 6.42 Å². The average Bonchev–Trinajstić information content (AvgIpc) is 2.81. The van der Waals surface area contributed by atoms with Gasteiger partial charge in [-0.2, -0.15) is 0 Å². The summed E-state index contributed by atoms with van der Waals surface area (Å²) in [5.41, 5.74) is 1.19. The number of carbonyl (C=O) groups excluding carboxylic acids is 1. The third kappa shape index (κ3) is 3.63. The maximum atomic E-state index is 12.0. The first-order valence-electron chi connectivity index (χ1n) is 7.99. The lowest BCUT2D eigenvalue weighted by molar-refractivity contribution is 0.0451. The zero-order chi connectivity index (χ0) is 15.6. The molecule has 0 bridgehead atoms. The summed E-state index contributed by atoms with van der Waals surface area (Å²) in [5.74, 6) is 1.42. The normalized spacial score (nSPS) is 26.1. The largest absolute Gasteiger partial charge is 0.461 e. The number of rotatable bonds is 4. The second-order valence-corrected chi connectivity index (χ2v) is 6.88. The van der Waals surface area contributed by atoms with Crippen molar-refractivity contribution in [1.29, 1.82) is 0 Å². The van der Waals surface area contributed by atoms with E-state index in [1.807, 2.05) is 25.5 Å². The Morgan fingerprint density at radius 2 is 2.05 bits per heavy atom. The van der Waals surface area contributed by atoms with Crippen LogP contribution in [0.15, 0.2) is 0 Å². The number of aromatic nitrogens is 3. The number of ether oxygens (including phenoxy) is 1. The first-order chi connectivity index (χ1) is 9.90. The van der Waals surface area contributed by atoms with E-state index in [1.54, 1.807) is 0 Å². The van der Waals surface area contributed by atoms with Gasteiger partial charge in [0.1, 0.15) is 0 Å². The number of esters is 1. The number of hydrogen-bond donors (Lipinski definition) is 0. The fraction of sp³-hybridized carbons (Fsp3) is 0.812. The van der Waals surface area contributed by atoms with Gasteiger partial charge in [-0.15, -0.1) is 5.10 Å². The van der Waals surface area contributed by atoms with Gasteiger partial charge in [0.2, 0.25) is 0 Å². The maximum Gasteiger partial charge on any atom is 0.360 e. The maximum absolute atomic E-state index is 12.0. The van der Waals surface area contributed by atoms with E-state index in [9.17, 15) is 4.79 Å². The second kappa shape index (κ2) is 6.58. The molecule has 1 aromatic rings. The molecular weight excluding hydrogens is 266 g/mol. The highest BCUT2D eigenvalue weighted by atomic mass is 16.5. The van der Waals surface area contributed by atoms with Crippen LogP contribution < -0.4 is 0 Å². The molecule has 3 atom stereocenters. The van der Waals surface area contributed by atoms with Crippen LogP contribution in [0.4, 0.5) is 0 Å². The van der Waals surface area contributed by atoms with Gasteiger partial charge in [-0.1, -0.05) is 32.9 Å². The zero-order valence-corrected chi connectivity index (χ0v) is 13.8. The zero-order valence-electron chi connectivity index (χ0n) is 13.8. The lowest BCUT2D eigenvalue weighted by Gasteiger charge is -2.32. The molecule has 0 radical (unpaired) electrons. The highest BCUT2D eigenvalue weighted by Crippen LogP contribution is 2.36. The predicted octanol–water partition coefficient (Wildman–Crippen LogP) is 3.40. The van der Waals surface area contributed by atoms with Crippen LogP contribution in [0.1, 0.15) is 69.2 Å². The highest BCUT2D eigenvalue weighted by molar-refractivity contribution is 5.88. The van der Waals surface area contributed by atoms with Gasteiger partial charge >= 0.3 is 5.97 Å². The van der Waals surface area contributed by atoms with Gasteiger partial charge < -0.3 is 4.74 Å². The van der Waals surface area contributed by atoms with Gasteiger partial charge in [-0.25, -0.2) is 9.48 Å². The van der Waals surface area contributed by atoms with E-state index in [2.05, 4.69) is 24.2 Å². The summed E-state index contributed by atoms with van der Waals surface area (Å²) in [6.45, 7) is 11.0. The molecule has 1 aromatic heterocycles. The van der Waals surface area contributed by atoms with Crippen LogP contribution >= 0.6 is 0 Å². The first kappa shape index (κ1) is 16.0. The molecule has 0 amide bonds. The van der Waals surface area contributed by atoms with Crippen LogP contribution in [0.25, 0.3) is 0 Å². The molecular formula is C16H27N3O2. The summed E-state index contributed by atoms with van der Waals surface area (Å²) in [5, 5.41) is 8.26. The molecule has 21 heavy (non-hydrogen) atoms. The summed E-state index contributed by atoms with van der Waals surface area (Å²) in [7, 11) is 0. The topological polar surface area (TPSA) is 57.0 Å². The Bertz CT molecular complexity index is 496. The quantitative estimate of drug-likeness (QED) is 0.798. The first-order valence-corrected chi connectivity index (χ1v) is 7.99. The van der Waals surface area contributed by atoms with Crippen molar-refractivity contribution < 1.29 is 9.53 Å². The van der Waals surface area contributed by atoms with Crippen molar-refractivity contribution in [2.24, 2.45) is 17.8 Å². The molecule has 118 valence electrons. The van der Waals surface area contributed by atoms with Gasteiger partial charge in [0.05, 0.1) is 18.3 Å². The summed E-state index contributed by atoms with van der Waals surface area (Å²) < 4.78 is 7.18. The van der Waals surface area contributed by atoms with Gasteiger partial charge in [-0.05, 0) is 43.9 Å². The van der Waals surface area contributed by atoms with Crippen molar-refractivity contribution in [2.75, 3.05) is 6.61 Å². The monoisotopic (exact) mass is 293 g/mol. The van der Waals surface area contributed by atoms with Crippen LogP contribution in [0.2, 0.25) is 0 Å². The van der Waals surface area contributed by atoms with Gasteiger partial charge in [0.25, 0.3) is 0 Å². The number of carbonyl (C=O) groups is 1. The molecule has 1 saturated carbocycles. The Kier molecular flexibility index (Phi) is 5.01. The summed E-state index contributed by atoms with van der Waals surface area (Å²) >= 11 is 0. The summed E-state index contributed by atoms with van der Waals surface area (Å²) in [6.07, 6.45) is 3.42. The van der Waals surface area contributed by atoms with E-state index in [0.717, 1.165) is 24.5 Å². The van der Waals surface area contributed by atoms with Crippen LogP contribution in [-0.2, 0) is 4.74 Å². The fourth-order valence-electron chi connectivity index (χ4n) is 2.93. The van der Waals surface area contributed by atoms with E-state index >= 15 is 0 Å². The van der Waals surface area contributed by atoms with Crippen LogP contribution in [0, 0.1) is 24.7 Å². The molecule has 0 saturated heterocycles. The van der Waals surface area contributed by atoms with Crippen LogP contribution in [0.3, 0.4) is 0 Å². The lowest BCUT2D eigenvalue weighted by atomic mass is 9.79. The summed E-state index contributed by atoms with van der Waals surface area (Å²) in [4.78, 5) is 12.0. The Balaban J connectivity index is 2.08. The molecule has 1 aliphatic rings. The minimum Gasteiger partial charge on any atom is -0.461 e. The molecule has 1 aliphatic carbocycles. The third-order valence-electron chi connectivity index (χ3n) is 4.58. The Morgan fingerprint density at radius 1 is 1.33 bits per heavy atom. The van der Waals surface area contributed by atoms with E-state index in [4.69, 9.17) is 4.74 Å². The van der Waals surface area contributed by atoms with Crippen molar-refractivity contribution in [3.05, 3.63) is 11.4 Å². The van der Waals surface area contributed by atoms with E-state index < -0.39 is 0 Å². The Labute approximate surface area is 127 Å². The smallest absolute Gasteiger partial charge is 0.360 e. The molecule has 3 unspecified atom stereocenters. The van der Waals surface area contributed by atoms with Crippen LogP contribution in [-0.4, -0.2) is 27.6 Å². The molecule has 0 spiro atoms. The molecule has 1 fully saturated rings. The van der Waals surface area contributed by atoms with Crippen molar-refractivity contribution in [3.63, 3.8) is 0 Å². The van der Waals surface area contributed by atoms with Crippen LogP contribution in [0.5, 0.6) is 0 Å². The standard InChI is InChI=1S/C16H27N3O2/c1-10(2)9-21-16(20)15-13(5)19(18-17-15)14-7-6-11(3)12(4)8-14/h10-12,14H,6-9H2,1-5H3. The Morgan fingerprint density at radius 3 is 2.67 bits per heavy atom. The van der Waals surface area contributed by atoms with Crippen molar-refractivity contribution >= 4 is 5.97 Å². The fourth-order valence-corrected chi connectivity index (χ4v) is 2.93. The Hall–Kier alpha value is -1.39. The van der Waals surface area contributed by atoms with Crippen molar-refractivity contribution in [3.8, 4) is 0 Å². The average molecular weight is 293 g/mol. The third-order valence-corrected chi connectivity index (χ3v) is 4.58. The van der Waals surface area contributed by atoms with E-state index in [0.29, 0.717) is 30.2 Å². The van der Waals surface area contributed by atoms with E-state index in [-0.39, 0.29) is 5.97 Å². The molecule has 1 heterocycles. The molecule has 0 aliphatic heterocycles. The van der Waals surface area contributed by atoms with Gasteiger partial charge in [0.15, 0.2) is 5.69 Å². The van der Waals surface area contributed by atoms with Gasteiger partial charge in [-0.3, -0.25) is 0 Å². The molecule has 0 aromatic carbocycles. The molecule has 5 nitrogen and oxygen atoms in total. The molecule has 0 N–H and O–H groups in total. The summed E-state index contributed by atoms with van der Waals surface area (Å²) in [6, 6.07) is 0.357. The minimum absolute atomic E-state index is 0.324. The number of nitrogens with zero attached hydrogens (tertiary/aromatic N) is 3. The number of hydrogen-bond acceptors (Lipinski definition) is 4. The van der Waals surface area contributed by atoms with Gasteiger partial charge in [0, 0.05) is 0 Å². The lowest BCUT2D eigenvalue weighted by Crippen LogP contribution is -2.25. The second-order valence-electron chi connectivity index (χ2n) is 6.88. The minimum atomic E-state index is -0.357. The molecule has 2 rings (SSSR count).